The highest BCUT2D eigenvalue weighted by atomic mass is 19.1. The highest BCUT2D eigenvalue weighted by Crippen LogP contribution is 2.20. The fourth-order valence-corrected chi connectivity index (χ4v) is 1.62. The lowest BCUT2D eigenvalue weighted by molar-refractivity contribution is 0.252. The molecule has 0 fully saturated rings. The normalized spacial score (nSPS) is 10.7. The van der Waals surface area contributed by atoms with Crippen molar-refractivity contribution in [1.82, 2.24) is 10.1 Å². The summed E-state index contributed by atoms with van der Waals surface area (Å²) >= 11 is 0. The maximum absolute atomic E-state index is 13.0. The van der Waals surface area contributed by atoms with E-state index in [1.165, 1.54) is 18.2 Å². The smallest absolute Gasteiger partial charge is 0.226 e. The molecule has 0 amide bonds. The molecule has 1 aromatic heterocycles. The highest BCUT2D eigenvalue weighted by Gasteiger charge is 2.09. The summed E-state index contributed by atoms with van der Waals surface area (Å²) in [6.45, 7) is 1.85. The van der Waals surface area contributed by atoms with E-state index in [2.05, 4.69) is 10.1 Å². The third-order valence-electron chi connectivity index (χ3n) is 2.52. The Morgan fingerprint density at radius 3 is 3.00 bits per heavy atom. The van der Waals surface area contributed by atoms with E-state index in [0.29, 0.717) is 23.0 Å². The second kappa shape index (κ2) is 6.29. The Bertz CT molecular complexity index is 542. The SMILES string of the molecule is CCCc1nc(COc2ccc(F)cc2CO)no1. The molecule has 0 radical (unpaired) electrons. The molecule has 0 spiro atoms. The Labute approximate surface area is 110 Å². The molecule has 19 heavy (non-hydrogen) atoms. The number of nitrogens with zero attached hydrogens (tertiary/aromatic N) is 2. The standard InChI is InChI=1S/C13H15FN2O3/c1-2-3-13-15-12(16-19-13)8-18-11-5-4-10(14)6-9(11)7-17/h4-6,17H,2-3,7-8H2,1H3. The van der Waals surface area contributed by atoms with Crippen LogP contribution < -0.4 is 4.74 Å². The summed E-state index contributed by atoms with van der Waals surface area (Å²) < 4.78 is 23.4. The molecule has 0 saturated carbocycles. The summed E-state index contributed by atoms with van der Waals surface area (Å²) in [4.78, 5) is 4.15. The number of aliphatic hydroxyl groups excluding tert-OH is 1. The number of ether oxygens (including phenoxy) is 1. The summed E-state index contributed by atoms with van der Waals surface area (Å²) in [6, 6.07) is 3.97. The van der Waals surface area contributed by atoms with Crippen molar-refractivity contribution in [2.75, 3.05) is 0 Å². The zero-order valence-corrected chi connectivity index (χ0v) is 10.6. The first kappa shape index (κ1) is 13.5. The molecule has 2 rings (SSSR count). The van der Waals surface area contributed by atoms with Crippen molar-refractivity contribution in [3.63, 3.8) is 0 Å². The molecule has 6 heteroatoms. The Balaban J connectivity index is 2.01. The van der Waals surface area contributed by atoms with Crippen LogP contribution in [0, 0.1) is 5.82 Å². The summed E-state index contributed by atoms with van der Waals surface area (Å²) in [5.41, 5.74) is 0.386. The molecular formula is C13H15FN2O3. The van der Waals surface area contributed by atoms with E-state index in [1.807, 2.05) is 6.92 Å². The van der Waals surface area contributed by atoms with Gasteiger partial charge in [-0.2, -0.15) is 4.98 Å². The van der Waals surface area contributed by atoms with Gasteiger partial charge in [0.15, 0.2) is 6.61 Å². The van der Waals surface area contributed by atoms with Crippen molar-refractivity contribution in [3.8, 4) is 5.75 Å². The van der Waals surface area contributed by atoms with E-state index in [0.717, 1.165) is 12.8 Å². The van der Waals surface area contributed by atoms with Gasteiger partial charge in [0.05, 0.1) is 6.61 Å². The van der Waals surface area contributed by atoms with Crippen LogP contribution in [-0.4, -0.2) is 15.2 Å². The number of aromatic nitrogens is 2. The Kier molecular flexibility index (Phi) is 4.46. The van der Waals surface area contributed by atoms with Crippen LogP contribution in [0.15, 0.2) is 22.7 Å². The van der Waals surface area contributed by atoms with Crippen LogP contribution in [0.3, 0.4) is 0 Å². The van der Waals surface area contributed by atoms with Crippen LogP contribution in [0.2, 0.25) is 0 Å². The topological polar surface area (TPSA) is 68.4 Å². The van der Waals surface area contributed by atoms with Gasteiger partial charge in [0.25, 0.3) is 0 Å². The molecule has 1 N–H and O–H groups in total. The molecular weight excluding hydrogens is 251 g/mol. The lowest BCUT2D eigenvalue weighted by atomic mass is 10.2. The van der Waals surface area contributed by atoms with E-state index >= 15 is 0 Å². The number of benzene rings is 1. The van der Waals surface area contributed by atoms with Crippen LogP contribution in [-0.2, 0) is 19.6 Å². The number of aryl methyl sites for hydroxylation is 1. The summed E-state index contributed by atoms with van der Waals surface area (Å²) in [6.07, 6.45) is 1.65. The third kappa shape index (κ3) is 3.51. The minimum Gasteiger partial charge on any atom is -0.485 e. The number of hydrogen-bond acceptors (Lipinski definition) is 5. The van der Waals surface area contributed by atoms with Gasteiger partial charge in [0.2, 0.25) is 11.7 Å². The minimum atomic E-state index is -0.416. The van der Waals surface area contributed by atoms with Gasteiger partial charge in [-0.05, 0) is 24.6 Å². The second-order valence-corrected chi connectivity index (χ2v) is 4.05. The van der Waals surface area contributed by atoms with Gasteiger partial charge in [-0.25, -0.2) is 4.39 Å². The van der Waals surface area contributed by atoms with E-state index in [1.54, 1.807) is 0 Å². The van der Waals surface area contributed by atoms with Gasteiger partial charge in [-0.15, -0.1) is 0 Å². The average molecular weight is 266 g/mol. The van der Waals surface area contributed by atoms with E-state index in [4.69, 9.17) is 14.4 Å². The molecule has 1 aromatic carbocycles. The fraction of sp³-hybridized carbons (Fsp3) is 0.385. The third-order valence-corrected chi connectivity index (χ3v) is 2.52. The van der Waals surface area contributed by atoms with Crippen molar-refractivity contribution < 1.29 is 18.8 Å². The Morgan fingerprint density at radius 2 is 2.26 bits per heavy atom. The molecule has 0 bridgehead atoms. The Morgan fingerprint density at radius 1 is 1.42 bits per heavy atom. The van der Waals surface area contributed by atoms with Crippen molar-refractivity contribution in [2.24, 2.45) is 0 Å². The minimum absolute atomic E-state index is 0.117. The van der Waals surface area contributed by atoms with E-state index in [-0.39, 0.29) is 13.2 Å². The molecule has 102 valence electrons. The average Bonchev–Trinajstić information content (AvgIpc) is 2.85. The molecule has 0 atom stereocenters. The predicted octanol–water partition coefficient (Wildman–Crippen LogP) is 2.23. The monoisotopic (exact) mass is 266 g/mol. The maximum atomic E-state index is 13.0. The molecule has 0 unspecified atom stereocenters. The number of halogens is 1. The molecule has 0 saturated heterocycles. The number of aliphatic hydroxyl groups is 1. The summed E-state index contributed by atoms with van der Waals surface area (Å²) in [7, 11) is 0. The van der Waals surface area contributed by atoms with Gasteiger partial charge in [-0.1, -0.05) is 12.1 Å². The van der Waals surface area contributed by atoms with Gasteiger partial charge in [0.1, 0.15) is 11.6 Å². The molecule has 0 aliphatic heterocycles. The lowest BCUT2D eigenvalue weighted by Crippen LogP contribution is -2.01. The zero-order valence-electron chi connectivity index (χ0n) is 10.6. The predicted molar refractivity (Wildman–Crippen MR) is 64.9 cm³/mol. The zero-order chi connectivity index (χ0) is 13.7. The molecule has 1 heterocycles. The van der Waals surface area contributed by atoms with Gasteiger partial charge in [0, 0.05) is 12.0 Å². The van der Waals surface area contributed by atoms with Crippen LogP contribution in [0.4, 0.5) is 4.39 Å². The van der Waals surface area contributed by atoms with Gasteiger partial charge >= 0.3 is 0 Å². The van der Waals surface area contributed by atoms with Crippen molar-refractivity contribution >= 4 is 0 Å². The van der Waals surface area contributed by atoms with Gasteiger partial charge in [-0.3, -0.25) is 0 Å². The Hall–Kier alpha value is -1.95. The van der Waals surface area contributed by atoms with Gasteiger partial charge < -0.3 is 14.4 Å². The first-order valence-corrected chi connectivity index (χ1v) is 6.06. The summed E-state index contributed by atoms with van der Waals surface area (Å²) in [5, 5.41) is 12.9. The van der Waals surface area contributed by atoms with Crippen molar-refractivity contribution in [2.45, 2.75) is 33.0 Å². The first-order chi connectivity index (χ1) is 9.22. The van der Waals surface area contributed by atoms with Crippen LogP contribution in [0.5, 0.6) is 5.75 Å². The number of rotatable bonds is 6. The number of hydrogen-bond donors (Lipinski definition) is 1. The molecule has 5 nitrogen and oxygen atoms in total. The van der Waals surface area contributed by atoms with Crippen molar-refractivity contribution in [3.05, 3.63) is 41.3 Å². The summed E-state index contributed by atoms with van der Waals surface area (Å²) in [5.74, 6) is 0.992. The molecule has 0 aliphatic carbocycles. The van der Waals surface area contributed by atoms with E-state index in [9.17, 15) is 4.39 Å². The molecule has 0 aliphatic rings. The largest absolute Gasteiger partial charge is 0.485 e. The first-order valence-electron chi connectivity index (χ1n) is 6.06. The maximum Gasteiger partial charge on any atom is 0.226 e. The highest BCUT2D eigenvalue weighted by molar-refractivity contribution is 5.33. The quantitative estimate of drug-likeness (QED) is 0.868. The van der Waals surface area contributed by atoms with Crippen LogP contribution in [0.25, 0.3) is 0 Å². The van der Waals surface area contributed by atoms with E-state index < -0.39 is 5.82 Å². The van der Waals surface area contributed by atoms with Crippen molar-refractivity contribution in [1.29, 1.82) is 0 Å². The molecule has 2 aromatic rings. The fourth-order valence-electron chi connectivity index (χ4n) is 1.62. The lowest BCUT2D eigenvalue weighted by Gasteiger charge is -2.07. The van der Waals surface area contributed by atoms with Crippen LogP contribution in [0.1, 0.15) is 30.6 Å². The second-order valence-electron chi connectivity index (χ2n) is 4.05. The van der Waals surface area contributed by atoms with Crippen LogP contribution >= 0.6 is 0 Å².